The largest absolute Gasteiger partial charge is 0.481 e. The molecule has 0 saturated heterocycles. The van der Waals surface area contributed by atoms with E-state index in [4.69, 9.17) is 9.84 Å². The molecule has 116 valence electrons. The Balaban J connectivity index is 2.06. The highest BCUT2D eigenvalue weighted by atomic mass is 32.2. The Morgan fingerprint density at radius 2 is 2.10 bits per heavy atom. The van der Waals surface area contributed by atoms with Crippen LogP contribution >= 0.6 is 0 Å². The maximum absolute atomic E-state index is 12.2. The molecule has 2 rings (SSSR count). The molecular formula is C14H19NO5S. The standard InChI is InChI=1S/C14H19NO5S/c1-20-12(8-14(16)17)9-15-21(18,19)13-6-5-10-3-2-4-11(10)7-13/h5-7,12,15H,2-4,8-9H2,1H3,(H,16,17). The van der Waals surface area contributed by atoms with Crippen molar-refractivity contribution in [3.8, 4) is 0 Å². The van der Waals surface area contributed by atoms with E-state index >= 15 is 0 Å². The molecule has 0 radical (unpaired) electrons. The van der Waals surface area contributed by atoms with E-state index in [9.17, 15) is 13.2 Å². The van der Waals surface area contributed by atoms with E-state index in [2.05, 4.69) is 4.72 Å². The molecule has 0 fully saturated rings. The minimum atomic E-state index is -3.65. The Kier molecular flexibility index (Phi) is 4.97. The third kappa shape index (κ3) is 4.03. The van der Waals surface area contributed by atoms with Gasteiger partial charge in [-0.05, 0) is 42.5 Å². The smallest absolute Gasteiger partial charge is 0.306 e. The van der Waals surface area contributed by atoms with Gasteiger partial charge in [-0.3, -0.25) is 4.79 Å². The Labute approximate surface area is 124 Å². The summed E-state index contributed by atoms with van der Waals surface area (Å²) in [5.74, 6) is -1.03. The molecule has 0 aliphatic heterocycles. The van der Waals surface area contributed by atoms with Crippen molar-refractivity contribution < 1.29 is 23.1 Å². The summed E-state index contributed by atoms with van der Waals surface area (Å²) in [6.45, 7) is -0.0672. The fraction of sp³-hybridized carbons (Fsp3) is 0.500. The van der Waals surface area contributed by atoms with Gasteiger partial charge < -0.3 is 9.84 Å². The monoisotopic (exact) mass is 313 g/mol. The number of fused-ring (bicyclic) bond motifs is 1. The fourth-order valence-electron chi connectivity index (χ4n) is 2.43. The zero-order valence-electron chi connectivity index (χ0n) is 11.8. The van der Waals surface area contributed by atoms with E-state index in [1.807, 2.05) is 6.07 Å². The van der Waals surface area contributed by atoms with E-state index in [0.717, 1.165) is 24.8 Å². The van der Waals surface area contributed by atoms with Crippen molar-refractivity contribution in [3.63, 3.8) is 0 Å². The van der Waals surface area contributed by atoms with Crippen molar-refractivity contribution in [2.75, 3.05) is 13.7 Å². The SMILES string of the molecule is COC(CNS(=O)(=O)c1ccc2c(c1)CCC2)CC(=O)O. The molecule has 1 unspecified atom stereocenters. The molecule has 21 heavy (non-hydrogen) atoms. The van der Waals surface area contributed by atoms with Gasteiger partial charge >= 0.3 is 5.97 Å². The van der Waals surface area contributed by atoms with E-state index < -0.39 is 22.1 Å². The number of carbonyl (C=O) groups is 1. The first-order chi connectivity index (χ1) is 9.92. The van der Waals surface area contributed by atoms with Crippen LogP contribution in [-0.2, 0) is 32.4 Å². The average Bonchev–Trinajstić information content (AvgIpc) is 2.90. The number of hydrogen-bond donors (Lipinski definition) is 2. The van der Waals surface area contributed by atoms with Gasteiger partial charge in [-0.2, -0.15) is 0 Å². The molecule has 7 heteroatoms. The maximum Gasteiger partial charge on any atom is 0.306 e. The quantitative estimate of drug-likeness (QED) is 0.781. The lowest BCUT2D eigenvalue weighted by Gasteiger charge is -2.14. The predicted molar refractivity (Wildman–Crippen MR) is 76.7 cm³/mol. The highest BCUT2D eigenvalue weighted by Crippen LogP contribution is 2.24. The first kappa shape index (κ1) is 15.9. The lowest BCUT2D eigenvalue weighted by atomic mass is 10.1. The van der Waals surface area contributed by atoms with Gasteiger partial charge in [0.1, 0.15) is 0 Å². The Morgan fingerprint density at radius 1 is 1.38 bits per heavy atom. The summed E-state index contributed by atoms with van der Waals surface area (Å²) in [5, 5.41) is 8.71. The van der Waals surface area contributed by atoms with Crippen LogP contribution in [-0.4, -0.2) is 39.3 Å². The van der Waals surface area contributed by atoms with Crippen LogP contribution in [0.4, 0.5) is 0 Å². The van der Waals surface area contributed by atoms with Crippen molar-refractivity contribution in [2.24, 2.45) is 0 Å². The number of benzene rings is 1. The molecule has 1 atom stereocenters. The molecule has 0 aromatic heterocycles. The van der Waals surface area contributed by atoms with Crippen LogP contribution in [0, 0.1) is 0 Å². The van der Waals surface area contributed by atoms with Gasteiger partial charge in [0.2, 0.25) is 10.0 Å². The third-order valence-corrected chi connectivity index (χ3v) is 5.04. The van der Waals surface area contributed by atoms with Crippen LogP contribution in [0.3, 0.4) is 0 Å². The van der Waals surface area contributed by atoms with Gasteiger partial charge in [0, 0.05) is 13.7 Å². The summed E-state index contributed by atoms with van der Waals surface area (Å²) in [4.78, 5) is 10.8. The Morgan fingerprint density at radius 3 is 2.76 bits per heavy atom. The zero-order valence-corrected chi connectivity index (χ0v) is 12.6. The van der Waals surface area contributed by atoms with Gasteiger partial charge in [0.05, 0.1) is 17.4 Å². The normalized spacial score (nSPS) is 15.7. The Bertz CT molecular complexity index is 626. The number of nitrogens with one attached hydrogen (secondary N) is 1. The van der Waals surface area contributed by atoms with Crippen LogP contribution in [0.5, 0.6) is 0 Å². The third-order valence-electron chi connectivity index (χ3n) is 3.62. The van der Waals surface area contributed by atoms with Gasteiger partial charge in [0.25, 0.3) is 0 Å². The first-order valence-corrected chi connectivity index (χ1v) is 8.27. The minimum absolute atomic E-state index is 0.0672. The molecule has 0 spiro atoms. The van der Waals surface area contributed by atoms with Crippen molar-refractivity contribution in [1.82, 2.24) is 4.72 Å². The summed E-state index contributed by atoms with van der Waals surface area (Å²) in [7, 11) is -2.29. The molecule has 0 bridgehead atoms. The van der Waals surface area contributed by atoms with Crippen molar-refractivity contribution >= 4 is 16.0 Å². The number of carboxylic acid groups (broad SMARTS) is 1. The van der Waals surface area contributed by atoms with Crippen LogP contribution in [0.1, 0.15) is 24.0 Å². The maximum atomic E-state index is 12.2. The van der Waals surface area contributed by atoms with Gasteiger partial charge in [-0.1, -0.05) is 6.07 Å². The van der Waals surface area contributed by atoms with Crippen LogP contribution < -0.4 is 4.72 Å². The topological polar surface area (TPSA) is 92.7 Å². The number of carboxylic acids is 1. The minimum Gasteiger partial charge on any atom is -0.481 e. The number of aryl methyl sites for hydroxylation is 2. The highest BCUT2D eigenvalue weighted by Gasteiger charge is 2.20. The molecule has 1 aromatic rings. The number of hydrogen-bond acceptors (Lipinski definition) is 4. The molecule has 1 aliphatic rings. The number of rotatable bonds is 7. The lowest BCUT2D eigenvalue weighted by molar-refractivity contribution is -0.139. The van der Waals surface area contributed by atoms with Gasteiger partial charge in [0.15, 0.2) is 0 Å². The second-order valence-corrected chi connectivity index (χ2v) is 6.86. The van der Waals surface area contributed by atoms with E-state index in [0.29, 0.717) is 0 Å². The fourth-order valence-corrected chi connectivity index (χ4v) is 3.55. The second kappa shape index (κ2) is 6.55. The summed E-state index contributed by atoms with van der Waals surface area (Å²) >= 11 is 0. The van der Waals surface area contributed by atoms with Crippen molar-refractivity contribution in [1.29, 1.82) is 0 Å². The lowest BCUT2D eigenvalue weighted by Crippen LogP contribution is -2.34. The first-order valence-electron chi connectivity index (χ1n) is 6.78. The van der Waals surface area contributed by atoms with Crippen molar-refractivity contribution in [2.45, 2.75) is 36.7 Å². The average molecular weight is 313 g/mol. The van der Waals surface area contributed by atoms with Crippen molar-refractivity contribution in [3.05, 3.63) is 29.3 Å². The molecule has 1 aliphatic carbocycles. The zero-order chi connectivity index (χ0) is 15.5. The van der Waals surface area contributed by atoms with Gasteiger partial charge in [-0.25, -0.2) is 13.1 Å². The summed E-state index contributed by atoms with van der Waals surface area (Å²) in [6, 6.07) is 5.14. The van der Waals surface area contributed by atoms with Crippen LogP contribution in [0.15, 0.2) is 23.1 Å². The highest BCUT2D eigenvalue weighted by molar-refractivity contribution is 7.89. The molecule has 2 N–H and O–H groups in total. The molecule has 0 saturated carbocycles. The molecule has 0 amide bonds. The second-order valence-electron chi connectivity index (χ2n) is 5.09. The molecule has 6 nitrogen and oxygen atoms in total. The van der Waals surface area contributed by atoms with Crippen LogP contribution in [0.25, 0.3) is 0 Å². The number of methoxy groups -OCH3 is 1. The predicted octanol–water partition coefficient (Wildman–Crippen LogP) is 0.943. The molecule has 1 aromatic carbocycles. The number of sulfonamides is 1. The van der Waals surface area contributed by atoms with E-state index in [-0.39, 0.29) is 17.9 Å². The summed E-state index contributed by atoms with van der Waals surface area (Å²) in [6.07, 6.45) is 2.01. The Hall–Kier alpha value is -1.44. The summed E-state index contributed by atoms with van der Waals surface area (Å²) in [5.41, 5.74) is 2.28. The summed E-state index contributed by atoms with van der Waals surface area (Å²) < 4.78 is 31.8. The van der Waals surface area contributed by atoms with Gasteiger partial charge in [-0.15, -0.1) is 0 Å². The van der Waals surface area contributed by atoms with Crippen LogP contribution in [0.2, 0.25) is 0 Å². The number of aliphatic carboxylic acids is 1. The number of ether oxygens (including phenoxy) is 1. The van der Waals surface area contributed by atoms with E-state index in [1.165, 1.54) is 12.7 Å². The molecular weight excluding hydrogens is 294 g/mol. The van der Waals surface area contributed by atoms with E-state index in [1.54, 1.807) is 12.1 Å². The molecule has 0 heterocycles.